The van der Waals surface area contributed by atoms with Gasteiger partial charge in [0.2, 0.25) is 5.71 Å². The van der Waals surface area contributed by atoms with Crippen molar-refractivity contribution in [1.29, 1.82) is 5.26 Å². The second-order valence-corrected chi connectivity index (χ2v) is 3.79. The SMILES string of the molecule is Cc1nc(-c2ccc(C#N)cc2)n2ccoc12. The van der Waals surface area contributed by atoms with Crippen LogP contribution in [0, 0.1) is 18.3 Å². The van der Waals surface area contributed by atoms with Crippen molar-refractivity contribution < 1.29 is 4.42 Å². The van der Waals surface area contributed by atoms with Gasteiger partial charge in [-0.25, -0.2) is 4.98 Å². The summed E-state index contributed by atoms with van der Waals surface area (Å²) in [4.78, 5) is 4.46. The molecule has 0 aliphatic rings. The molecule has 2 aromatic heterocycles. The number of hydrogen-bond acceptors (Lipinski definition) is 3. The average molecular weight is 223 g/mol. The van der Waals surface area contributed by atoms with E-state index in [9.17, 15) is 0 Å². The number of oxazole rings is 1. The minimum atomic E-state index is 0.644. The van der Waals surface area contributed by atoms with Gasteiger partial charge < -0.3 is 4.42 Å². The monoisotopic (exact) mass is 223 g/mol. The Kier molecular flexibility index (Phi) is 1.99. The minimum Gasteiger partial charge on any atom is -0.445 e. The van der Waals surface area contributed by atoms with Crippen LogP contribution in [-0.4, -0.2) is 9.38 Å². The van der Waals surface area contributed by atoms with Crippen LogP contribution < -0.4 is 0 Å². The molecule has 0 N–H and O–H groups in total. The van der Waals surface area contributed by atoms with Gasteiger partial charge in [0.1, 0.15) is 17.8 Å². The zero-order valence-electron chi connectivity index (χ0n) is 9.21. The summed E-state index contributed by atoms with van der Waals surface area (Å²) in [6, 6.07) is 9.44. The summed E-state index contributed by atoms with van der Waals surface area (Å²) in [6.45, 7) is 1.91. The van der Waals surface area contributed by atoms with Crippen molar-refractivity contribution in [3.63, 3.8) is 0 Å². The molecule has 0 amide bonds. The Bertz CT molecular complexity index is 713. The number of nitriles is 1. The fourth-order valence-corrected chi connectivity index (χ4v) is 1.86. The number of imidazole rings is 1. The maximum atomic E-state index is 8.76. The van der Waals surface area contributed by atoms with E-state index in [2.05, 4.69) is 11.1 Å². The molecule has 0 bridgehead atoms. The third kappa shape index (κ3) is 1.41. The molecule has 1 aromatic carbocycles. The van der Waals surface area contributed by atoms with Crippen LogP contribution in [0.2, 0.25) is 0 Å². The van der Waals surface area contributed by atoms with Crippen LogP contribution in [-0.2, 0) is 0 Å². The second kappa shape index (κ2) is 3.49. The van der Waals surface area contributed by atoms with Crippen molar-refractivity contribution in [1.82, 2.24) is 9.38 Å². The number of aromatic nitrogens is 2. The van der Waals surface area contributed by atoms with Crippen LogP contribution in [0.15, 0.2) is 41.1 Å². The van der Waals surface area contributed by atoms with Gasteiger partial charge in [-0.2, -0.15) is 5.26 Å². The van der Waals surface area contributed by atoms with Gasteiger partial charge in [-0.1, -0.05) is 0 Å². The molecule has 0 aliphatic carbocycles. The first-order valence-electron chi connectivity index (χ1n) is 5.22. The van der Waals surface area contributed by atoms with Gasteiger partial charge in [0.15, 0.2) is 0 Å². The third-order valence-corrected chi connectivity index (χ3v) is 2.69. The highest BCUT2D eigenvalue weighted by molar-refractivity contribution is 5.62. The number of hydrogen-bond donors (Lipinski definition) is 0. The van der Waals surface area contributed by atoms with E-state index in [1.807, 2.05) is 29.7 Å². The van der Waals surface area contributed by atoms with Gasteiger partial charge >= 0.3 is 0 Å². The van der Waals surface area contributed by atoms with E-state index in [0.29, 0.717) is 5.56 Å². The molecular weight excluding hydrogens is 214 g/mol. The summed E-state index contributed by atoms with van der Waals surface area (Å²) in [5, 5.41) is 8.76. The van der Waals surface area contributed by atoms with Gasteiger partial charge in [-0.15, -0.1) is 0 Å². The van der Waals surface area contributed by atoms with Crippen LogP contribution in [0.25, 0.3) is 17.1 Å². The zero-order valence-corrected chi connectivity index (χ0v) is 9.21. The first-order valence-corrected chi connectivity index (χ1v) is 5.22. The Balaban J connectivity index is 2.20. The molecule has 0 saturated heterocycles. The van der Waals surface area contributed by atoms with E-state index >= 15 is 0 Å². The topological polar surface area (TPSA) is 54.2 Å². The van der Waals surface area contributed by atoms with Crippen molar-refractivity contribution in [3.8, 4) is 17.5 Å². The van der Waals surface area contributed by atoms with Gasteiger partial charge in [-0.3, -0.25) is 4.40 Å². The van der Waals surface area contributed by atoms with Gasteiger partial charge in [-0.05, 0) is 31.2 Å². The Morgan fingerprint density at radius 1 is 1.29 bits per heavy atom. The first kappa shape index (κ1) is 9.67. The van der Waals surface area contributed by atoms with Crippen LogP contribution in [0.1, 0.15) is 11.3 Å². The molecule has 0 radical (unpaired) electrons. The summed E-state index contributed by atoms with van der Waals surface area (Å²) in [5.41, 5.74) is 3.22. The lowest BCUT2D eigenvalue weighted by Crippen LogP contribution is -1.86. The molecule has 0 aliphatic heterocycles. The van der Waals surface area contributed by atoms with Crippen LogP contribution in [0.5, 0.6) is 0 Å². The van der Waals surface area contributed by atoms with Crippen LogP contribution in [0.3, 0.4) is 0 Å². The Morgan fingerprint density at radius 2 is 2.06 bits per heavy atom. The zero-order chi connectivity index (χ0) is 11.8. The van der Waals surface area contributed by atoms with Crippen molar-refractivity contribution >= 4 is 5.71 Å². The molecule has 3 aromatic rings. The fourth-order valence-electron chi connectivity index (χ4n) is 1.86. The Labute approximate surface area is 97.7 Å². The molecular formula is C13H9N3O. The molecule has 4 heteroatoms. The lowest BCUT2D eigenvalue weighted by molar-refractivity contribution is 0.605. The standard InChI is InChI=1S/C13H9N3O/c1-9-13-16(6-7-17-13)12(15-9)11-4-2-10(8-14)3-5-11/h2-7H,1H3. The predicted octanol–water partition coefficient (Wildman–Crippen LogP) is 2.77. The molecule has 0 unspecified atom stereocenters. The van der Waals surface area contributed by atoms with E-state index < -0.39 is 0 Å². The van der Waals surface area contributed by atoms with E-state index in [1.54, 1.807) is 18.4 Å². The fraction of sp³-hybridized carbons (Fsp3) is 0.0769. The van der Waals surface area contributed by atoms with E-state index in [0.717, 1.165) is 22.8 Å². The maximum Gasteiger partial charge on any atom is 0.226 e. The minimum absolute atomic E-state index is 0.644. The van der Waals surface area contributed by atoms with Crippen molar-refractivity contribution in [2.45, 2.75) is 6.92 Å². The average Bonchev–Trinajstić information content (AvgIpc) is 2.94. The normalized spacial score (nSPS) is 10.6. The van der Waals surface area contributed by atoms with E-state index in [1.165, 1.54) is 0 Å². The van der Waals surface area contributed by atoms with E-state index in [4.69, 9.17) is 9.68 Å². The van der Waals surface area contributed by atoms with Crippen LogP contribution in [0.4, 0.5) is 0 Å². The van der Waals surface area contributed by atoms with Gasteiger partial charge in [0.25, 0.3) is 0 Å². The van der Waals surface area contributed by atoms with Gasteiger partial charge in [0, 0.05) is 11.8 Å². The molecule has 17 heavy (non-hydrogen) atoms. The smallest absolute Gasteiger partial charge is 0.226 e. The molecule has 0 atom stereocenters. The van der Waals surface area contributed by atoms with Crippen molar-refractivity contribution in [2.75, 3.05) is 0 Å². The number of nitrogens with zero attached hydrogens (tertiary/aromatic N) is 3. The van der Waals surface area contributed by atoms with Crippen LogP contribution >= 0.6 is 0 Å². The van der Waals surface area contributed by atoms with Gasteiger partial charge in [0.05, 0.1) is 11.6 Å². The second-order valence-electron chi connectivity index (χ2n) is 3.79. The highest BCUT2D eigenvalue weighted by atomic mass is 16.3. The maximum absolute atomic E-state index is 8.76. The number of fused-ring (bicyclic) bond motifs is 1. The quantitative estimate of drug-likeness (QED) is 0.637. The molecule has 0 spiro atoms. The lowest BCUT2D eigenvalue weighted by Gasteiger charge is -1.97. The molecule has 82 valence electrons. The highest BCUT2D eigenvalue weighted by Gasteiger charge is 2.11. The third-order valence-electron chi connectivity index (χ3n) is 2.69. The highest BCUT2D eigenvalue weighted by Crippen LogP contribution is 2.23. The molecule has 0 saturated carbocycles. The molecule has 4 nitrogen and oxygen atoms in total. The summed E-state index contributed by atoms with van der Waals surface area (Å²) in [7, 11) is 0. The van der Waals surface area contributed by atoms with E-state index in [-0.39, 0.29) is 0 Å². The number of rotatable bonds is 1. The number of benzene rings is 1. The van der Waals surface area contributed by atoms with Crippen molar-refractivity contribution in [3.05, 3.63) is 48.0 Å². The lowest BCUT2D eigenvalue weighted by atomic mass is 10.1. The summed E-state index contributed by atoms with van der Waals surface area (Å²) in [6.07, 6.45) is 3.47. The largest absolute Gasteiger partial charge is 0.445 e. The summed E-state index contributed by atoms with van der Waals surface area (Å²) in [5.74, 6) is 0.829. The molecule has 0 fully saturated rings. The summed E-state index contributed by atoms with van der Waals surface area (Å²) < 4.78 is 7.24. The molecule has 2 heterocycles. The molecule has 3 rings (SSSR count). The number of aryl methyl sites for hydroxylation is 1. The summed E-state index contributed by atoms with van der Waals surface area (Å²) >= 11 is 0. The predicted molar refractivity (Wildman–Crippen MR) is 62.3 cm³/mol. The van der Waals surface area contributed by atoms with Crippen molar-refractivity contribution in [2.24, 2.45) is 0 Å². The first-order chi connectivity index (χ1) is 8.29. The Morgan fingerprint density at radius 3 is 2.76 bits per heavy atom. The Hall–Kier alpha value is -2.54.